The Bertz CT molecular complexity index is 1170. The van der Waals surface area contributed by atoms with Crippen LogP contribution in [0.2, 0.25) is 0 Å². The van der Waals surface area contributed by atoms with Crippen LogP contribution in [0.25, 0.3) is 0 Å². The number of hydrogen-bond acceptors (Lipinski definition) is 7. The minimum atomic E-state index is -0.395. The zero-order valence-corrected chi connectivity index (χ0v) is 19.0. The summed E-state index contributed by atoms with van der Waals surface area (Å²) in [7, 11) is 3.03. The standard InChI is InChI=1S/C23H24N4O5S/c1-31-17-8-9-19(32-2)18(12-17)26-22(30)14-33-23-25-16(11-21(29)27-23)10-20(28)24-13-15-6-4-3-5-7-15/h3-9,11-12H,10,13-14H2,1-2H3,(H,24,28)(H,26,30)(H,25,27,29). The minimum absolute atomic E-state index is 0.00698. The number of carbonyl (C=O) groups excluding carboxylic acids is 2. The fourth-order valence-corrected chi connectivity index (χ4v) is 3.59. The molecule has 3 aromatic rings. The Kier molecular flexibility index (Phi) is 8.48. The number of thioether (sulfide) groups is 1. The lowest BCUT2D eigenvalue weighted by Crippen LogP contribution is -2.26. The molecule has 0 aliphatic carbocycles. The minimum Gasteiger partial charge on any atom is -0.497 e. The van der Waals surface area contributed by atoms with Gasteiger partial charge in [0.25, 0.3) is 5.56 Å². The fourth-order valence-electron chi connectivity index (χ4n) is 2.90. The summed E-state index contributed by atoms with van der Waals surface area (Å²) in [6.07, 6.45) is -0.0441. The van der Waals surface area contributed by atoms with Gasteiger partial charge in [-0.3, -0.25) is 14.4 Å². The Morgan fingerprint density at radius 1 is 1.03 bits per heavy atom. The molecule has 1 heterocycles. The summed E-state index contributed by atoms with van der Waals surface area (Å²) >= 11 is 1.05. The van der Waals surface area contributed by atoms with Gasteiger partial charge >= 0.3 is 0 Å². The highest BCUT2D eigenvalue weighted by Crippen LogP contribution is 2.29. The van der Waals surface area contributed by atoms with E-state index in [1.165, 1.54) is 20.3 Å². The Labute approximate surface area is 194 Å². The van der Waals surface area contributed by atoms with Gasteiger partial charge in [-0.1, -0.05) is 42.1 Å². The van der Waals surface area contributed by atoms with E-state index >= 15 is 0 Å². The maximum Gasteiger partial charge on any atom is 0.251 e. The number of ether oxygens (including phenoxy) is 2. The monoisotopic (exact) mass is 468 g/mol. The average molecular weight is 469 g/mol. The molecule has 0 aliphatic rings. The second kappa shape index (κ2) is 11.7. The number of carbonyl (C=O) groups is 2. The summed E-state index contributed by atoms with van der Waals surface area (Å²) in [6, 6.07) is 15.8. The molecule has 0 radical (unpaired) electrons. The van der Waals surface area contributed by atoms with Crippen LogP contribution in [-0.2, 0) is 22.6 Å². The molecule has 0 atom stereocenters. The first-order chi connectivity index (χ1) is 16.0. The van der Waals surface area contributed by atoms with Gasteiger partial charge in [-0.15, -0.1) is 0 Å². The average Bonchev–Trinajstić information content (AvgIpc) is 2.81. The van der Waals surface area contributed by atoms with Crippen molar-refractivity contribution in [3.8, 4) is 11.5 Å². The lowest BCUT2D eigenvalue weighted by Gasteiger charge is -2.11. The van der Waals surface area contributed by atoms with Crippen molar-refractivity contribution in [2.24, 2.45) is 0 Å². The zero-order chi connectivity index (χ0) is 23.6. The lowest BCUT2D eigenvalue weighted by molar-refractivity contribution is -0.120. The Morgan fingerprint density at radius 2 is 1.82 bits per heavy atom. The number of hydrogen-bond donors (Lipinski definition) is 3. The van der Waals surface area contributed by atoms with Crippen LogP contribution in [-0.4, -0.2) is 41.8 Å². The van der Waals surface area contributed by atoms with Crippen molar-refractivity contribution in [2.45, 2.75) is 18.1 Å². The molecule has 1 aromatic heterocycles. The molecule has 0 saturated carbocycles. The number of amides is 2. The first-order valence-electron chi connectivity index (χ1n) is 10.0. The normalized spacial score (nSPS) is 10.4. The number of methoxy groups -OCH3 is 2. The van der Waals surface area contributed by atoms with Crippen LogP contribution in [0, 0.1) is 0 Å². The SMILES string of the molecule is COc1ccc(OC)c(NC(=O)CSc2nc(CC(=O)NCc3ccccc3)cc(=O)[nH]2)c1. The molecule has 3 N–H and O–H groups in total. The van der Waals surface area contributed by atoms with E-state index in [0.29, 0.717) is 29.4 Å². The molecule has 0 unspecified atom stereocenters. The van der Waals surface area contributed by atoms with Crippen LogP contribution < -0.4 is 25.7 Å². The number of H-pyrrole nitrogens is 1. The van der Waals surface area contributed by atoms with E-state index in [4.69, 9.17) is 9.47 Å². The number of aromatic nitrogens is 2. The molecule has 0 bridgehead atoms. The number of nitrogens with one attached hydrogen (secondary N) is 3. The molecule has 3 rings (SSSR count). The Morgan fingerprint density at radius 3 is 2.55 bits per heavy atom. The summed E-state index contributed by atoms with van der Waals surface area (Å²) in [5, 5.41) is 5.80. The smallest absolute Gasteiger partial charge is 0.251 e. The van der Waals surface area contributed by atoms with Crippen LogP contribution in [0.1, 0.15) is 11.3 Å². The third kappa shape index (κ3) is 7.39. The van der Waals surface area contributed by atoms with Crippen molar-refractivity contribution in [1.29, 1.82) is 0 Å². The Balaban J connectivity index is 1.57. The molecular formula is C23H24N4O5S. The van der Waals surface area contributed by atoms with E-state index < -0.39 is 5.56 Å². The predicted octanol–water partition coefficient (Wildman–Crippen LogP) is 2.38. The quantitative estimate of drug-likeness (QED) is 0.308. The number of anilines is 1. The molecule has 172 valence electrons. The number of benzene rings is 2. The molecule has 2 aromatic carbocycles. The molecule has 0 fully saturated rings. The van der Waals surface area contributed by atoms with Gasteiger partial charge in [-0.25, -0.2) is 4.98 Å². The van der Waals surface area contributed by atoms with E-state index in [1.54, 1.807) is 18.2 Å². The van der Waals surface area contributed by atoms with E-state index in [9.17, 15) is 14.4 Å². The van der Waals surface area contributed by atoms with Gasteiger partial charge in [0.05, 0.1) is 37.8 Å². The molecule has 2 amide bonds. The van der Waals surface area contributed by atoms with Gasteiger partial charge in [0.1, 0.15) is 11.5 Å². The topological polar surface area (TPSA) is 122 Å². The molecule has 33 heavy (non-hydrogen) atoms. The maximum absolute atomic E-state index is 12.4. The summed E-state index contributed by atoms with van der Waals surface area (Å²) < 4.78 is 10.4. The van der Waals surface area contributed by atoms with Gasteiger partial charge in [0, 0.05) is 18.7 Å². The molecule has 10 heteroatoms. The van der Waals surface area contributed by atoms with E-state index in [-0.39, 0.29) is 29.1 Å². The third-order valence-electron chi connectivity index (χ3n) is 4.47. The zero-order valence-electron chi connectivity index (χ0n) is 18.2. The third-order valence-corrected chi connectivity index (χ3v) is 5.34. The van der Waals surface area contributed by atoms with Crippen molar-refractivity contribution in [3.05, 3.63) is 76.2 Å². The summed E-state index contributed by atoms with van der Waals surface area (Å²) in [6.45, 7) is 0.387. The van der Waals surface area contributed by atoms with E-state index in [0.717, 1.165) is 17.3 Å². The van der Waals surface area contributed by atoms with Crippen molar-refractivity contribution in [3.63, 3.8) is 0 Å². The highest BCUT2D eigenvalue weighted by molar-refractivity contribution is 7.99. The largest absolute Gasteiger partial charge is 0.497 e. The van der Waals surface area contributed by atoms with Crippen LogP contribution in [0.5, 0.6) is 11.5 Å². The predicted molar refractivity (Wildman–Crippen MR) is 126 cm³/mol. The van der Waals surface area contributed by atoms with Crippen molar-refractivity contribution >= 4 is 29.3 Å². The lowest BCUT2D eigenvalue weighted by atomic mass is 10.2. The second-order valence-electron chi connectivity index (χ2n) is 6.88. The molecular weight excluding hydrogens is 444 g/mol. The maximum atomic E-state index is 12.4. The van der Waals surface area contributed by atoms with Gasteiger partial charge < -0.3 is 25.1 Å². The van der Waals surface area contributed by atoms with Gasteiger partial charge in [-0.05, 0) is 17.7 Å². The number of aromatic amines is 1. The first kappa shape index (κ1) is 23.9. The molecule has 0 spiro atoms. The van der Waals surface area contributed by atoms with Gasteiger partial charge in [-0.2, -0.15) is 0 Å². The molecule has 9 nitrogen and oxygen atoms in total. The summed E-state index contributed by atoms with van der Waals surface area (Å²) in [4.78, 5) is 43.5. The second-order valence-corrected chi connectivity index (χ2v) is 7.85. The molecule has 0 aliphatic heterocycles. The highest BCUT2D eigenvalue weighted by atomic mass is 32.2. The molecule has 0 saturated heterocycles. The van der Waals surface area contributed by atoms with Gasteiger partial charge in [0.15, 0.2) is 5.16 Å². The van der Waals surface area contributed by atoms with E-state index in [1.807, 2.05) is 30.3 Å². The highest BCUT2D eigenvalue weighted by Gasteiger charge is 2.12. The summed E-state index contributed by atoms with van der Waals surface area (Å²) in [5.74, 6) is 0.482. The van der Waals surface area contributed by atoms with Crippen LogP contribution in [0.3, 0.4) is 0 Å². The van der Waals surface area contributed by atoms with Crippen LogP contribution in [0.15, 0.2) is 64.5 Å². The summed E-state index contributed by atoms with van der Waals surface area (Å²) in [5.41, 5.74) is 1.36. The Hall–Kier alpha value is -3.79. The van der Waals surface area contributed by atoms with Crippen molar-refractivity contribution in [2.75, 3.05) is 25.3 Å². The van der Waals surface area contributed by atoms with E-state index in [2.05, 4.69) is 20.6 Å². The number of rotatable bonds is 10. The van der Waals surface area contributed by atoms with Crippen molar-refractivity contribution < 1.29 is 19.1 Å². The van der Waals surface area contributed by atoms with Crippen LogP contribution in [0.4, 0.5) is 5.69 Å². The van der Waals surface area contributed by atoms with Gasteiger partial charge in [0.2, 0.25) is 11.8 Å². The van der Waals surface area contributed by atoms with Crippen molar-refractivity contribution in [1.82, 2.24) is 15.3 Å². The number of nitrogens with zero attached hydrogens (tertiary/aromatic N) is 1. The first-order valence-corrected chi connectivity index (χ1v) is 11.0. The van der Waals surface area contributed by atoms with Crippen LogP contribution >= 0.6 is 11.8 Å². The fraction of sp³-hybridized carbons (Fsp3) is 0.217.